The number of ether oxygens (including phenoxy) is 1. The smallest absolute Gasteiger partial charge is 0.432 e. The van der Waals surface area contributed by atoms with E-state index in [1.807, 2.05) is 0 Å². The minimum Gasteiger partial charge on any atom is -0.454 e. The molecule has 2 aromatic rings. The zero-order chi connectivity index (χ0) is 24.1. The Labute approximate surface area is 191 Å². The molecule has 0 unspecified atom stereocenters. The van der Waals surface area contributed by atoms with E-state index in [9.17, 15) is 26.4 Å². The lowest BCUT2D eigenvalue weighted by Crippen LogP contribution is -2.23. The number of sulfone groups is 1. The number of allylic oxidation sites excluding steroid dienone is 2. The van der Waals surface area contributed by atoms with Crippen LogP contribution in [0, 0.1) is 0 Å². The first-order chi connectivity index (χ1) is 14.8. The maximum Gasteiger partial charge on any atom is 0.432 e. The summed E-state index contributed by atoms with van der Waals surface area (Å²) in [6.45, 7) is -0.628. The highest BCUT2D eigenvalue weighted by molar-refractivity contribution is 7.98. The lowest BCUT2D eigenvalue weighted by atomic mass is 10.2. The van der Waals surface area contributed by atoms with Crippen LogP contribution in [0.3, 0.4) is 0 Å². The second kappa shape index (κ2) is 10.5. The third kappa shape index (κ3) is 6.78. The Morgan fingerprint density at radius 3 is 2.56 bits per heavy atom. The number of halogens is 4. The van der Waals surface area contributed by atoms with Crippen molar-refractivity contribution in [3.63, 3.8) is 0 Å². The molecule has 0 saturated heterocycles. The number of nitrogens with two attached hydrogens (primary N) is 1. The fraction of sp³-hybridized carbons (Fsp3) is 0.263. The summed E-state index contributed by atoms with van der Waals surface area (Å²) < 4.78 is 73.1. The SMILES string of the molecule is CSCOC(=O)CN=C(C(Cl)=C(N)C(F)(F)F)c1ccc(-c2cccc(S(C)(=O)=O)c2)o1. The number of thioether (sulfide) groups is 1. The molecule has 2 rings (SSSR count). The first-order valence-electron chi connectivity index (χ1n) is 8.67. The normalized spacial score (nSPS) is 13.6. The summed E-state index contributed by atoms with van der Waals surface area (Å²) in [5.74, 6) is -0.822. The number of hydrogen-bond donors (Lipinski definition) is 1. The van der Waals surface area contributed by atoms with Crippen LogP contribution in [0.1, 0.15) is 5.76 Å². The number of esters is 1. The van der Waals surface area contributed by atoms with Gasteiger partial charge in [-0.25, -0.2) is 8.42 Å². The van der Waals surface area contributed by atoms with Gasteiger partial charge in [0.2, 0.25) is 0 Å². The minimum absolute atomic E-state index is 0.0256. The molecule has 0 spiro atoms. The van der Waals surface area contributed by atoms with Crippen LogP contribution in [0.2, 0.25) is 0 Å². The Hall–Kier alpha value is -2.44. The van der Waals surface area contributed by atoms with E-state index in [1.54, 1.807) is 12.3 Å². The summed E-state index contributed by atoms with van der Waals surface area (Å²) in [6, 6.07) is 8.44. The van der Waals surface area contributed by atoms with Gasteiger partial charge >= 0.3 is 12.1 Å². The van der Waals surface area contributed by atoms with Gasteiger partial charge in [-0.2, -0.15) is 13.2 Å². The van der Waals surface area contributed by atoms with Crippen molar-refractivity contribution in [2.45, 2.75) is 11.1 Å². The van der Waals surface area contributed by atoms with Gasteiger partial charge in [0.25, 0.3) is 0 Å². The van der Waals surface area contributed by atoms with Crippen LogP contribution in [0.5, 0.6) is 0 Å². The lowest BCUT2D eigenvalue weighted by molar-refractivity contribution is -0.139. The van der Waals surface area contributed by atoms with Crippen molar-refractivity contribution in [2.24, 2.45) is 10.7 Å². The summed E-state index contributed by atoms with van der Waals surface area (Å²) >= 11 is 7.07. The Morgan fingerprint density at radius 1 is 1.28 bits per heavy atom. The molecule has 2 N–H and O–H groups in total. The summed E-state index contributed by atoms with van der Waals surface area (Å²) in [5, 5.41) is -0.957. The Kier molecular flexibility index (Phi) is 8.43. The Balaban J connectivity index is 2.50. The van der Waals surface area contributed by atoms with Gasteiger partial charge in [-0.15, -0.1) is 11.8 Å². The van der Waals surface area contributed by atoms with E-state index in [4.69, 9.17) is 26.5 Å². The fourth-order valence-electron chi connectivity index (χ4n) is 2.32. The van der Waals surface area contributed by atoms with Crippen molar-refractivity contribution in [3.8, 4) is 11.3 Å². The van der Waals surface area contributed by atoms with Gasteiger partial charge in [-0.1, -0.05) is 23.7 Å². The van der Waals surface area contributed by atoms with E-state index in [2.05, 4.69) is 4.99 Å². The van der Waals surface area contributed by atoms with Crippen LogP contribution in [0.25, 0.3) is 11.3 Å². The number of hydrogen-bond acceptors (Lipinski definition) is 8. The summed E-state index contributed by atoms with van der Waals surface area (Å²) in [5.41, 5.74) is 3.34. The van der Waals surface area contributed by atoms with Crippen LogP contribution in [0.15, 0.2) is 61.4 Å². The van der Waals surface area contributed by atoms with E-state index in [0.717, 1.165) is 6.26 Å². The average Bonchev–Trinajstić information content (AvgIpc) is 3.20. The van der Waals surface area contributed by atoms with Gasteiger partial charge in [0.05, 0.1) is 9.93 Å². The van der Waals surface area contributed by atoms with E-state index >= 15 is 0 Å². The van der Waals surface area contributed by atoms with E-state index in [0.29, 0.717) is 5.56 Å². The standard InChI is InChI=1S/C19H18ClF3N2O5S2/c1-31-10-29-15(26)9-25-17(16(20)18(24)19(21,22)23)14-7-6-13(30-14)11-4-3-5-12(8-11)32(2,27)28/h3-8H,9-10,24H2,1-2H3. The van der Waals surface area contributed by atoms with Crippen molar-refractivity contribution in [1.29, 1.82) is 0 Å². The maximum absolute atomic E-state index is 13.1. The molecule has 1 heterocycles. The molecule has 1 aromatic carbocycles. The van der Waals surface area contributed by atoms with Crippen molar-refractivity contribution in [3.05, 3.63) is 52.9 Å². The van der Waals surface area contributed by atoms with Gasteiger partial charge in [0.1, 0.15) is 29.7 Å². The number of benzene rings is 1. The number of rotatable bonds is 8. The summed E-state index contributed by atoms with van der Waals surface area (Å²) in [6.07, 6.45) is -2.23. The fourth-order valence-corrected chi connectivity index (χ4v) is 3.50. The van der Waals surface area contributed by atoms with Crippen LogP contribution < -0.4 is 5.73 Å². The topological polar surface area (TPSA) is 112 Å². The first-order valence-corrected chi connectivity index (χ1v) is 12.3. The molecule has 7 nitrogen and oxygen atoms in total. The van der Waals surface area contributed by atoms with Crippen LogP contribution in [-0.4, -0.2) is 51.3 Å². The van der Waals surface area contributed by atoms with Crippen molar-refractivity contribution in [2.75, 3.05) is 25.0 Å². The lowest BCUT2D eigenvalue weighted by Gasteiger charge is -2.11. The number of nitrogens with zero attached hydrogens (tertiary/aromatic N) is 1. The molecule has 174 valence electrons. The molecule has 0 fully saturated rings. The summed E-state index contributed by atoms with van der Waals surface area (Å²) in [4.78, 5) is 15.6. The molecule has 32 heavy (non-hydrogen) atoms. The Bertz CT molecular complexity index is 1160. The van der Waals surface area contributed by atoms with Crippen molar-refractivity contribution < 1.29 is 35.5 Å². The highest BCUT2D eigenvalue weighted by Gasteiger charge is 2.36. The molecule has 0 aliphatic rings. The molecule has 0 aliphatic heterocycles. The number of furan rings is 1. The molecular formula is C19H18ClF3N2O5S2. The molecule has 0 atom stereocenters. The molecule has 0 aliphatic carbocycles. The zero-order valence-corrected chi connectivity index (χ0v) is 19.2. The highest BCUT2D eigenvalue weighted by Crippen LogP contribution is 2.30. The zero-order valence-electron chi connectivity index (χ0n) is 16.8. The first kappa shape index (κ1) is 25.8. The third-order valence-electron chi connectivity index (χ3n) is 3.84. The van der Waals surface area contributed by atoms with Gasteiger partial charge in [0.15, 0.2) is 15.6 Å². The van der Waals surface area contributed by atoms with Gasteiger partial charge in [0, 0.05) is 11.8 Å². The second-order valence-corrected chi connectivity index (χ2v) is 9.48. The molecule has 0 saturated carbocycles. The molecule has 13 heteroatoms. The van der Waals surface area contributed by atoms with Gasteiger partial charge < -0.3 is 14.9 Å². The number of alkyl halides is 3. The van der Waals surface area contributed by atoms with E-state index in [-0.39, 0.29) is 22.4 Å². The Morgan fingerprint density at radius 2 is 1.97 bits per heavy atom. The number of carbonyl (C=O) groups is 1. The van der Waals surface area contributed by atoms with Gasteiger partial charge in [-0.05, 0) is 30.5 Å². The van der Waals surface area contributed by atoms with Crippen LogP contribution in [-0.2, 0) is 19.4 Å². The molecular weight excluding hydrogens is 493 g/mol. The second-order valence-electron chi connectivity index (χ2n) is 6.28. The quantitative estimate of drug-likeness (QED) is 0.325. The predicted octanol–water partition coefficient (Wildman–Crippen LogP) is 3.97. The van der Waals surface area contributed by atoms with Gasteiger partial charge in [-0.3, -0.25) is 9.79 Å². The summed E-state index contributed by atoms with van der Waals surface area (Å²) in [7, 11) is -3.50. The highest BCUT2D eigenvalue weighted by atomic mass is 35.5. The van der Waals surface area contributed by atoms with Crippen molar-refractivity contribution in [1.82, 2.24) is 0 Å². The van der Waals surface area contributed by atoms with Crippen LogP contribution >= 0.6 is 23.4 Å². The largest absolute Gasteiger partial charge is 0.454 e. The predicted molar refractivity (Wildman–Crippen MR) is 116 cm³/mol. The van der Waals surface area contributed by atoms with E-state index < -0.39 is 45.0 Å². The number of aliphatic imine (C=N–C) groups is 1. The third-order valence-corrected chi connectivity index (χ3v) is 5.69. The molecule has 1 aromatic heterocycles. The number of carbonyl (C=O) groups excluding carboxylic acids is 1. The molecule has 0 bridgehead atoms. The van der Waals surface area contributed by atoms with Crippen molar-refractivity contribution >= 4 is 44.9 Å². The molecule has 0 amide bonds. The minimum atomic E-state index is -4.95. The van der Waals surface area contributed by atoms with E-state index in [1.165, 1.54) is 42.1 Å². The molecule has 0 radical (unpaired) electrons. The maximum atomic E-state index is 13.1. The average molecular weight is 511 g/mol. The van der Waals surface area contributed by atoms with Crippen LogP contribution in [0.4, 0.5) is 13.2 Å². The monoisotopic (exact) mass is 510 g/mol.